The van der Waals surface area contributed by atoms with Crippen molar-refractivity contribution in [2.24, 2.45) is 0 Å². The Morgan fingerprint density at radius 3 is 3.00 bits per heavy atom. The number of rotatable bonds is 4. The van der Waals surface area contributed by atoms with E-state index in [1.807, 2.05) is 24.4 Å². The maximum atomic E-state index is 11.0. The van der Waals surface area contributed by atoms with E-state index >= 15 is 0 Å². The van der Waals surface area contributed by atoms with Crippen molar-refractivity contribution in [2.45, 2.75) is 13.0 Å². The SMILES string of the molecule is CC(Nc1ccncc1C(=O)O)c1cccs1. The van der Waals surface area contributed by atoms with Crippen LogP contribution in [0.3, 0.4) is 0 Å². The van der Waals surface area contributed by atoms with Gasteiger partial charge in [0.15, 0.2) is 0 Å². The number of thiophene rings is 1. The number of anilines is 1. The number of carbonyl (C=O) groups is 1. The van der Waals surface area contributed by atoms with Crippen LogP contribution in [-0.4, -0.2) is 16.1 Å². The molecule has 2 aromatic heterocycles. The standard InChI is InChI=1S/C12H12N2O2S/c1-8(11-3-2-6-17-11)14-10-4-5-13-7-9(10)12(15)16/h2-8H,1H3,(H,13,14)(H,15,16). The predicted octanol–water partition coefficient (Wildman–Crippen LogP) is 3.01. The second kappa shape index (κ2) is 4.97. The van der Waals surface area contributed by atoms with Gasteiger partial charge in [-0.2, -0.15) is 0 Å². The van der Waals surface area contributed by atoms with Gasteiger partial charge in [-0.1, -0.05) is 6.07 Å². The van der Waals surface area contributed by atoms with Gasteiger partial charge in [0.2, 0.25) is 0 Å². The number of carboxylic acids is 1. The Hall–Kier alpha value is -1.88. The fraction of sp³-hybridized carbons (Fsp3) is 0.167. The summed E-state index contributed by atoms with van der Waals surface area (Å²) in [5, 5.41) is 14.2. The first-order valence-electron chi connectivity index (χ1n) is 5.15. The van der Waals surface area contributed by atoms with Gasteiger partial charge in [0.25, 0.3) is 0 Å². The summed E-state index contributed by atoms with van der Waals surface area (Å²) in [4.78, 5) is 16.0. The first-order chi connectivity index (χ1) is 8.18. The number of aromatic nitrogens is 1. The molecule has 4 nitrogen and oxygen atoms in total. The van der Waals surface area contributed by atoms with Crippen LogP contribution in [0.4, 0.5) is 5.69 Å². The molecular formula is C12H12N2O2S. The zero-order valence-corrected chi connectivity index (χ0v) is 10.1. The molecule has 0 bridgehead atoms. The number of carboxylic acid groups (broad SMARTS) is 1. The molecule has 5 heteroatoms. The van der Waals surface area contributed by atoms with Gasteiger partial charge in [-0.3, -0.25) is 4.98 Å². The van der Waals surface area contributed by atoms with Crippen LogP contribution in [0.15, 0.2) is 36.0 Å². The summed E-state index contributed by atoms with van der Waals surface area (Å²) in [5.41, 5.74) is 0.782. The summed E-state index contributed by atoms with van der Waals surface area (Å²) in [7, 11) is 0. The molecule has 0 saturated carbocycles. The zero-order chi connectivity index (χ0) is 12.3. The molecule has 0 amide bonds. The largest absolute Gasteiger partial charge is 0.478 e. The molecule has 0 aliphatic rings. The van der Waals surface area contributed by atoms with Crippen LogP contribution in [0.1, 0.15) is 28.2 Å². The lowest BCUT2D eigenvalue weighted by Gasteiger charge is -2.15. The molecule has 0 spiro atoms. The quantitative estimate of drug-likeness (QED) is 0.873. The Bertz CT molecular complexity index is 511. The zero-order valence-electron chi connectivity index (χ0n) is 9.25. The minimum absolute atomic E-state index is 0.0792. The van der Waals surface area contributed by atoms with Crippen molar-refractivity contribution in [3.8, 4) is 0 Å². The van der Waals surface area contributed by atoms with E-state index in [9.17, 15) is 4.79 Å². The Morgan fingerprint density at radius 2 is 2.35 bits per heavy atom. The maximum Gasteiger partial charge on any atom is 0.339 e. The molecule has 1 atom stereocenters. The Labute approximate surface area is 103 Å². The molecule has 17 heavy (non-hydrogen) atoms. The van der Waals surface area contributed by atoms with Gasteiger partial charge in [0, 0.05) is 17.3 Å². The van der Waals surface area contributed by atoms with Gasteiger partial charge in [-0.15, -0.1) is 11.3 Å². The minimum atomic E-state index is -0.973. The van der Waals surface area contributed by atoms with E-state index in [1.54, 1.807) is 23.6 Å². The van der Waals surface area contributed by atoms with Crippen molar-refractivity contribution in [1.82, 2.24) is 4.98 Å². The van der Waals surface area contributed by atoms with E-state index < -0.39 is 5.97 Å². The third kappa shape index (κ3) is 2.62. The summed E-state index contributed by atoms with van der Waals surface area (Å²) in [5.74, 6) is -0.973. The first-order valence-corrected chi connectivity index (χ1v) is 6.03. The van der Waals surface area contributed by atoms with Crippen molar-refractivity contribution in [3.63, 3.8) is 0 Å². The predicted molar refractivity (Wildman–Crippen MR) is 67.6 cm³/mol. The second-order valence-corrected chi connectivity index (χ2v) is 4.59. The molecule has 0 aliphatic heterocycles. The number of nitrogens with zero attached hydrogens (tertiary/aromatic N) is 1. The Balaban J connectivity index is 2.21. The van der Waals surface area contributed by atoms with Crippen LogP contribution in [0.5, 0.6) is 0 Å². The lowest BCUT2D eigenvalue weighted by atomic mass is 10.2. The molecule has 0 fully saturated rings. The highest BCUT2D eigenvalue weighted by molar-refractivity contribution is 7.10. The lowest BCUT2D eigenvalue weighted by Crippen LogP contribution is -2.09. The number of nitrogens with one attached hydrogen (secondary N) is 1. The third-order valence-electron chi connectivity index (χ3n) is 2.39. The van der Waals surface area contributed by atoms with Gasteiger partial charge >= 0.3 is 5.97 Å². The van der Waals surface area contributed by atoms with Crippen molar-refractivity contribution in [3.05, 3.63) is 46.4 Å². The van der Waals surface area contributed by atoms with Gasteiger partial charge in [0.1, 0.15) is 5.56 Å². The summed E-state index contributed by atoms with van der Waals surface area (Å²) in [6, 6.07) is 5.75. The molecule has 2 N–H and O–H groups in total. The van der Waals surface area contributed by atoms with E-state index in [-0.39, 0.29) is 11.6 Å². The number of hydrogen-bond acceptors (Lipinski definition) is 4. The van der Waals surface area contributed by atoms with Crippen LogP contribution in [0.25, 0.3) is 0 Å². The van der Waals surface area contributed by atoms with Crippen molar-refractivity contribution in [1.29, 1.82) is 0 Å². The number of pyridine rings is 1. The van der Waals surface area contributed by atoms with E-state index in [0.29, 0.717) is 5.69 Å². The number of hydrogen-bond donors (Lipinski definition) is 2. The van der Waals surface area contributed by atoms with Crippen molar-refractivity contribution < 1.29 is 9.90 Å². The summed E-state index contributed by atoms with van der Waals surface area (Å²) >= 11 is 1.64. The van der Waals surface area contributed by atoms with E-state index in [4.69, 9.17) is 5.11 Å². The molecule has 2 heterocycles. The first kappa shape index (κ1) is 11.6. The molecule has 88 valence electrons. The van der Waals surface area contributed by atoms with Crippen molar-refractivity contribution >= 4 is 23.0 Å². The topological polar surface area (TPSA) is 62.2 Å². The highest BCUT2D eigenvalue weighted by Crippen LogP contribution is 2.24. The molecule has 0 aromatic carbocycles. The van der Waals surface area contributed by atoms with E-state index in [0.717, 1.165) is 4.88 Å². The summed E-state index contributed by atoms with van der Waals surface area (Å²) < 4.78 is 0. The Kier molecular flexibility index (Phi) is 3.39. The normalized spacial score (nSPS) is 12.1. The van der Waals surface area contributed by atoms with Crippen LogP contribution < -0.4 is 5.32 Å². The minimum Gasteiger partial charge on any atom is -0.478 e. The maximum absolute atomic E-state index is 11.0. The summed E-state index contributed by atoms with van der Waals surface area (Å²) in [6.07, 6.45) is 2.93. The van der Waals surface area contributed by atoms with Crippen molar-refractivity contribution in [2.75, 3.05) is 5.32 Å². The molecule has 2 aromatic rings. The fourth-order valence-corrected chi connectivity index (χ4v) is 2.27. The van der Waals surface area contributed by atoms with Gasteiger partial charge in [0.05, 0.1) is 11.7 Å². The molecule has 0 aliphatic carbocycles. The van der Waals surface area contributed by atoms with Crippen LogP contribution in [-0.2, 0) is 0 Å². The fourth-order valence-electron chi connectivity index (χ4n) is 1.53. The molecule has 2 rings (SSSR count). The smallest absolute Gasteiger partial charge is 0.339 e. The van der Waals surface area contributed by atoms with Crippen LogP contribution in [0.2, 0.25) is 0 Å². The molecule has 0 saturated heterocycles. The average molecular weight is 248 g/mol. The van der Waals surface area contributed by atoms with Gasteiger partial charge in [-0.25, -0.2) is 4.79 Å². The highest BCUT2D eigenvalue weighted by Gasteiger charge is 2.13. The Morgan fingerprint density at radius 1 is 1.53 bits per heavy atom. The van der Waals surface area contributed by atoms with Crippen LogP contribution in [0, 0.1) is 0 Å². The van der Waals surface area contributed by atoms with Crippen LogP contribution >= 0.6 is 11.3 Å². The number of aromatic carboxylic acids is 1. The highest BCUT2D eigenvalue weighted by atomic mass is 32.1. The van der Waals surface area contributed by atoms with E-state index in [2.05, 4.69) is 10.3 Å². The van der Waals surface area contributed by atoms with Gasteiger partial charge in [-0.05, 0) is 24.4 Å². The lowest BCUT2D eigenvalue weighted by molar-refractivity contribution is 0.0697. The second-order valence-electron chi connectivity index (χ2n) is 3.61. The molecule has 1 unspecified atom stereocenters. The molecular weight excluding hydrogens is 236 g/mol. The third-order valence-corrected chi connectivity index (χ3v) is 3.45. The van der Waals surface area contributed by atoms with E-state index in [1.165, 1.54) is 6.20 Å². The van der Waals surface area contributed by atoms with Gasteiger partial charge < -0.3 is 10.4 Å². The average Bonchev–Trinajstić information content (AvgIpc) is 2.83. The monoisotopic (exact) mass is 248 g/mol. The molecule has 0 radical (unpaired) electrons. The summed E-state index contributed by atoms with van der Waals surface area (Å²) in [6.45, 7) is 2.00.